The molecule has 0 aromatic carbocycles. The van der Waals surface area contributed by atoms with Gasteiger partial charge in [-0.15, -0.1) is 0 Å². The smallest absolute Gasteiger partial charge is 0.0589 e. The zero-order chi connectivity index (χ0) is 14.3. The Hall–Kier alpha value is -0.120. The molecule has 0 aliphatic heterocycles. The monoisotopic (exact) mass is 270 g/mol. The van der Waals surface area contributed by atoms with E-state index in [2.05, 4.69) is 38.0 Å². The molecule has 3 atom stereocenters. The van der Waals surface area contributed by atoms with Crippen LogP contribution in [0.2, 0.25) is 0 Å². The van der Waals surface area contributed by atoms with E-state index in [1.807, 2.05) is 7.11 Å². The maximum Gasteiger partial charge on any atom is 0.0589 e. The van der Waals surface area contributed by atoms with E-state index >= 15 is 0 Å². The van der Waals surface area contributed by atoms with Crippen LogP contribution in [0.1, 0.15) is 52.9 Å². The van der Waals surface area contributed by atoms with Crippen molar-refractivity contribution in [2.45, 2.75) is 71.0 Å². The summed E-state index contributed by atoms with van der Waals surface area (Å²) >= 11 is 0. The molecule has 0 spiro atoms. The van der Waals surface area contributed by atoms with Gasteiger partial charge < -0.3 is 10.1 Å². The summed E-state index contributed by atoms with van der Waals surface area (Å²) in [6, 6.07) is 2.02. The van der Waals surface area contributed by atoms with Crippen LogP contribution in [0.5, 0.6) is 0 Å². The fourth-order valence-electron chi connectivity index (χ4n) is 3.63. The average Bonchev–Trinajstić information content (AvgIpc) is 2.43. The van der Waals surface area contributed by atoms with E-state index in [4.69, 9.17) is 4.74 Å². The van der Waals surface area contributed by atoms with Crippen molar-refractivity contribution < 1.29 is 4.74 Å². The van der Waals surface area contributed by atoms with Crippen molar-refractivity contribution >= 4 is 0 Å². The van der Waals surface area contributed by atoms with E-state index < -0.39 is 0 Å². The summed E-state index contributed by atoms with van der Waals surface area (Å²) in [4.78, 5) is 2.72. The van der Waals surface area contributed by atoms with Gasteiger partial charge in [0.1, 0.15) is 0 Å². The topological polar surface area (TPSA) is 24.5 Å². The number of nitrogens with zero attached hydrogens (tertiary/aromatic N) is 1. The first kappa shape index (κ1) is 16.9. The van der Waals surface area contributed by atoms with Gasteiger partial charge in [-0.1, -0.05) is 20.8 Å². The minimum atomic E-state index is 0.647. The number of nitrogens with one attached hydrogen (secondary N) is 1. The van der Waals surface area contributed by atoms with Gasteiger partial charge in [-0.3, -0.25) is 4.90 Å². The first-order chi connectivity index (χ1) is 9.17. The fraction of sp³-hybridized carbons (Fsp3) is 1.00. The van der Waals surface area contributed by atoms with Crippen molar-refractivity contribution in [1.82, 2.24) is 10.2 Å². The quantitative estimate of drug-likeness (QED) is 0.734. The fourth-order valence-corrected chi connectivity index (χ4v) is 3.63. The standard InChI is InChI=1S/C16H34N2O/c1-6-14(7-2)18(10-11-19-5)16-12-13(3)8-9-15(16)17-4/h13-17H,6-12H2,1-5H3. The molecule has 1 aliphatic rings. The minimum Gasteiger partial charge on any atom is -0.383 e. The van der Waals surface area contributed by atoms with Crippen molar-refractivity contribution in [3.05, 3.63) is 0 Å². The molecule has 1 rings (SSSR count). The van der Waals surface area contributed by atoms with Gasteiger partial charge in [-0.25, -0.2) is 0 Å². The molecule has 3 nitrogen and oxygen atoms in total. The van der Waals surface area contributed by atoms with Crippen molar-refractivity contribution in [2.75, 3.05) is 27.3 Å². The highest BCUT2D eigenvalue weighted by Gasteiger charge is 2.34. The van der Waals surface area contributed by atoms with Gasteiger partial charge in [-0.05, 0) is 45.1 Å². The lowest BCUT2D eigenvalue weighted by molar-refractivity contribution is 0.0372. The van der Waals surface area contributed by atoms with E-state index in [0.717, 1.165) is 19.1 Å². The van der Waals surface area contributed by atoms with E-state index in [-0.39, 0.29) is 0 Å². The van der Waals surface area contributed by atoms with Gasteiger partial charge in [-0.2, -0.15) is 0 Å². The van der Waals surface area contributed by atoms with Crippen LogP contribution in [0.4, 0.5) is 0 Å². The van der Waals surface area contributed by atoms with Crippen LogP contribution >= 0.6 is 0 Å². The predicted molar refractivity (Wildman–Crippen MR) is 82.6 cm³/mol. The molecule has 0 aromatic rings. The Morgan fingerprint density at radius 3 is 2.47 bits per heavy atom. The maximum atomic E-state index is 5.34. The molecule has 0 radical (unpaired) electrons. The summed E-state index contributed by atoms with van der Waals surface area (Å²) in [5, 5.41) is 3.55. The lowest BCUT2D eigenvalue weighted by Crippen LogP contribution is -2.56. The Morgan fingerprint density at radius 2 is 1.95 bits per heavy atom. The molecule has 3 heteroatoms. The average molecular weight is 270 g/mol. The molecule has 1 N–H and O–H groups in total. The molecule has 0 aromatic heterocycles. The molecule has 0 amide bonds. The van der Waals surface area contributed by atoms with Gasteiger partial charge in [0.15, 0.2) is 0 Å². The molecular weight excluding hydrogens is 236 g/mol. The van der Waals surface area contributed by atoms with Gasteiger partial charge >= 0.3 is 0 Å². The number of hydrogen-bond acceptors (Lipinski definition) is 3. The van der Waals surface area contributed by atoms with Gasteiger partial charge in [0.25, 0.3) is 0 Å². The molecule has 1 saturated carbocycles. The zero-order valence-corrected chi connectivity index (χ0v) is 13.6. The lowest BCUT2D eigenvalue weighted by Gasteiger charge is -2.45. The molecule has 0 bridgehead atoms. The van der Waals surface area contributed by atoms with E-state index in [1.165, 1.54) is 32.1 Å². The molecule has 114 valence electrons. The number of rotatable bonds is 8. The highest BCUT2D eigenvalue weighted by molar-refractivity contribution is 4.91. The summed E-state index contributed by atoms with van der Waals surface area (Å²) in [7, 11) is 3.93. The first-order valence-electron chi connectivity index (χ1n) is 8.09. The molecule has 0 saturated heterocycles. The van der Waals surface area contributed by atoms with Crippen LogP contribution in [0, 0.1) is 5.92 Å². The van der Waals surface area contributed by atoms with Crippen LogP contribution in [-0.4, -0.2) is 50.3 Å². The normalized spacial score (nSPS) is 28.3. The largest absolute Gasteiger partial charge is 0.383 e. The third-order valence-corrected chi connectivity index (χ3v) is 4.84. The van der Waals surface area contributed by atoms with Crippen molar-refractivity contribution in [3.63, 3.8) is 0 Å². The summed E-state index contributed by atoms with van der Waals surface area (Å²) in [6.07, 6.45) is 6.48. The zero-order valence-electron chi connectivity index (χ0n) is 13.6. The Bertz CT molecular complexity index is 231. The van der Waals surface area contributed by atoms with Crippen LogP contribution < -0.4 is 5.32 Å². The molecule has 1 aliphatic carbocycles. The van der Waals surface area contributed by atoms with Crippen molar-refractivity contribution in [3.8, 4) is 0 Å². The van der Waals surface area contributed by atoms with E-state index in [0.29, 0.717) is 18.1 Å². The number of ether oxygens (including phenoxy) is 1. The molecule has 19 heavy (non-hydrogen) atoms. The second-order valence-corrected chi connectivity index (χ2v) is 6.08. The second kappa shape index (κ2) is 8.93. The first-order valence-corrected chi connectivity index (χ1v) is 8.09. The Morgan fingerprint density at radius 1 is 1.26 bits per heavy atom. The van der Waals surface area contributed by atoms with Crippen LogP contribution in [0.15, 0.2) is 0 Å². The highest BCUT2D eigenvalue weighted by Crippen LogP contribution is 2.30. The number of methoxy groups -OCH3 is 1. The molecular formula is C16H34N2O. The number of likely N-dealkylation sites (N-methyl/N-ethyl adjacent to an activating group) is 1. The van der Waals surface area contributed by atoms with Gasteiger partial charge in [0.2, 0.25) is 0 Å². The summed E-state index contributed by atoms with van der Waals surface area (Å²) < 4.78 is 5.34. The van der Waals surface area contributed by atoms with Gasteiger partial charge in [0, 0.05) is 31.8 Å². The van der Waals surface area contributed by atoms with Crippen LogP contribution in [0.3, 0.4) is 0 Å². The third-order valence-electron chi connectivity index (χ3n) is 4.84. The SMILES string of the molecule is CCC(CC)N(CCOC)C1CC(C)CCC1NC. The second-order valence-electron chi connectivity index (χ2n) is 6.08. The summed E-state index contributed by atoms with van der Waals surface area (Å²) in [5.74, 6) is 0.856. The maximum absolute atomic E-state index is 5.34. The van der Waals surface area contributed by atoms with E-state index in [1.54, 1.807) is 0 Å². The Kier molecular flexibility index (Phi) is 7.96. The predicted octanol–water partition coefficient (Wildman–Crippen LogP) is 2.90. The molecule has 0 heterocycles. The van der Waals surface area contributed by atoms with Crippen LogP contribution in [0.25, 0.3) is 0 Å². The summed E-state index contributed by atoms with van der Waals surface area (Å²) in [6.45, 7) is 8.94. The van der Waals surface area contributed by atoms with Crippen LogP contribution in [-0.2, 0) is 4.74 Å². The number of hydrogen-bond donors (Lipinski definition) is 1. The molecule has 1 fully saturated rings. The van der Waals surface area contributed by atoms with Gasteiger partial charge in [0.05, 0.1) is 6.61 Å². The highest BCUT2D eigenvalue weighted by atomic mass is 16.5. The summed E-state index contributed by atoms with van der Waals surface area (Å²) in [5.41, 5.74) is 0. The van der Waals surface area contributed by atoms with Crippen molar-refractivity contribution in [1.29, 1.82) is 0 Å². The Labute approximate surface area is 120 Å². The van der Waals surface area contributed by atoms with E-state index in [9.17, 15) is 0 Å². The molecule has 3 unspecified atom stereocenters. The minimum absolute atomic E-state index is 0.647. The van der Waals surface area contributed by atoms with Crippen molar-refractivity contribution in [2.24, 2.45) is 5.92 Å². The Balaban J connectivity index is 2.79. The third kappa shape index (κ3) is 4.73. The lowest BCUT2D eigenvalue weighted by atomic mass is 9.81.